The molecule has 5 nitrogen and oxygen atoms in total. The van der Waals surface area contributed by atoms with Gasteiger partial charge in [0.2, 0.25) is 11.8 Å². The van der Waals surface area contributed by atoms with E-state index in [-0.39, 0.29) is 30.7 Å². The highest BCUT2D eigenvalue weighted by Gasteiger charge is 2.52. The molecular weight excluding hydrogens is 254 g/mol. The lowest BCUT2D eigenvalue weighted by Crippen LogP contribution is -2.56. The standard InChI is InChI=1S/C15H23N3O2/c1-4-7-17-15(9-16,11-5-6-11)10-18-12(19)8-14(2,3)13(18)20/h11,17H,4-8,10H2,1-3H3. The zero-order chi connectivity index (χ0) is 15.0. The Hall–Kier alpha value is -1.41. The first-order valence-electron chi connectivity index (χ1n) is 7.37. The predicted octanol–water partition coefficient (Wildman–Crippen LogP) is 1.44. The number of carbonyl (C=O) groups is 2. The lowest BCUT2D eigenvalue weighted by atomic mass is 9.91. The summed E-state index contributed by atoms with van der Waals surface area (Å²) in [5.41, 5.74) is -1.39. The van der Waals surface area contributed by atoms with Gasteiger partial charge in [0.25, 0.3) is 0 Å². The molecule has 5 heteroatoms. The molecule has 20 heavy (non-hydrogen) atoms. The van der Waals surface area contributed by atoms with Gasteiger partial charge in [0.05, 0.1) is 18.0 Å². The molecule has 2 amide bonds. The number of nitrogens with one attached hydrogen (secondary N) is 1. The molecule has 2 rings (SSSR count). The third-order valence-corrected chi connectivity index (χ3v) is 4.29. The van der Waals surface area contributed by atoms with Crippen molar-refractivity contribution in [1.29, 1.82) is 5.26 Å². The molecule has 0 radical (unpaired) electrons. The van der Waals surface area contributed by atoms with Gasteiger partial charge in [-0.25, -0.2) is 0 Å². The van der Waals surface area contributed by atoms with Crippen LogP contribution in [0.15, 0.2) is 0 Å². The van der Waals surface area contributed by atoms with Crippen LogP contribution in [0, 0.1) is 22.7 Å². The summed E-state index contributed by atoms with van der Waals surface area (Å²) in [6.07, 6.45) is 3.14. The quantitative estimate of drug-likeness (QED) is 0.746. The van der Waals surface area contributed by atoms with Gasteiger partial charge in [0, 0.05) is 6.42 Å². The Morgan fingerprint density at radius 1 is 1.45 bits per heavy atom. The summed E-state index contributed by atoms with van der Waals surface area (Å²) in [7, 11) is 0. The fraction of sp³-hybridized carbons (Fsp3) is 0.800. The van der Waals surface area contributed by atoms with Crippen molar-refractivity contribution in [3.63, 3.8) is 0 Å². The molecule has 0 aromatic rings. The molecule has 0 aromatic heterocycles. The minimum Gasteiger partial charge on any atom is -0.298 e. The van der Waals surface area contributed by atoms with Crippen molar-refractivity contribution in [2.24, 2.45) is 11.3 Å². The topological polar surface area (TPSA) is 73.2 Å². The smallest absolute Gasteiger partial charge is 0.235 e. The second-order valence-corrected chi connectivity index (χ2v) is 6.63. The molecule has 2 fully saturated rings. The summed E-state index contributed by atoms with van der Waals surface area (Å²) in [4.78, 5) is 25.7. The average Bonchev–Trinajstić information content (AvgIpc) is 3.20. The van der Waals surface area contributed by atoms with E-state index >= 15 is 0 Å². The normalized spacial score (nSPS) is 24.6. The molecule has 1 atom stereocenters. The van der Waals surface area contributed by atoms with Crippen LogP contribution in [0.3, 0.4) is 0 Å². The highest BCUT2D eigenvalue weighted by Crippen LogP contribution is 2.41. The maximum atomic E-state index is 12.3. The Morgan fingerprint density at radius 2 is 2.10 bits per heavy atom. The van der Waals surface area contributed by atoms with Crippen LogP contribution in [0.1, 0.15) is 46.5 Å². The van der Waals surface area contributed by atoms with Gasteiger partial charge in [0.1, 0.15) is 5.54 Å². The highest BCUT2D eigenvalue weighted by molar-refractivity contribution is 6.05. The van der Waals surface area contributed by atoms with E-state index in [1.807, 2.05) is 6.92 Å². The number of nitriles is 1. The van der Waals surface area contributed by atoms with Gasteiger partial charge < -0.3 is 0 Å². The number of carbonyl (C=O) groups excluding carboxylic acids is 2. The zero-order valence-electron chi connectivity index (χ0n) is 12.5. The van der Waals surface area contributed by atoms with Crippen molar-refractivity contribution < 1.29 is 9.59 Å². The van der Waals surface area contributed by atoms with Gasteiger partial charge >= 0.3 is 0 Å². The molecule has 0 spiro atoms. The lowest BCUT2D eigenvalue weighted by Gasteiger charge is -2.32. The number of hydrogen-bond acceptors (Lipinski definition) is 4. The van der Waals surface area contributed by atoms with Crippen LogP contribution in [-0.2, 0) is 9.59 Å². The molecule has 0 bridgehead atoms. The monoisotopic (exact) mass is 277 g/mol. The second-order valence-electron chi connectivity index (χ2n) is 6.63. The molecule has 2 aliphatic rings. The summed E-state index contributed by atoms with van der Waals surface area (Å²) < 4.78 is 0. The first kappa shape index (κ1) is 15.0. The van der Waals surface area contributed by atoms with Crippen molar-refractivity contribution in [1.82, 2.24) is 10.2 Å². The minimum atomic E-state index is -0.762. The van der Waals surface area contributed by atoms with Crippen LogP contribution in [0.5, 0.6) is 0 Å². The van der Waals surface area contributed by atoms with Crippen LogP contribution >= 0.6 is 0 Å². The second kappa shape index (κ2) is 5.17. The van der Waals surface area contributed by atoms with Gasteiger partial charge in [-0.2, -0.15) is 5.26 Å². The fourth-order valence-electron chi connectivity index (χ4n) is 2.86. The SMILES string of the molecule is CCCNC(C#N)(CN1C(=O)CC(C)(C)C1=O)C1CC1. The van der Waals surface area contributed by atoms with Crippen LogP contribution in [0.2, 0.25) is 0 Å². The van der Waals surface area contributed by atoms with Gasteiger partial charge in [-0.3, -0.25) is 19.8 Å². The summed E-state index contributed by atoms with van der Waals surface area (Å²) in [6.45, 7) is 6.53. The Balaban J connectivity index is 2.18. The van der Waals surface area contributed by atoms with Crippen LogP contribution in [0.25, 0.3) is 0 Å². The summed E-state index contributed by atoms with van der Waals surface area (Å²) >= 11 is 0. The van der Waals surface area contributed by atoms with E-state index in [9.17, 15) is 14.9 Å². The van der Waals surface area contributed by atoms with E-state index in [1.54, 1.807) is 13.8 Å². The van der Waals surface area contributed by atoms with Crippen LogP contribution < -0.4 is 5.32 Å². The van der Waals surface area contributed by atoms with Crippen LogP contribution in [0.4, 0.5) is 0 Å². The first-order valence-corrected chi connectivity index (χ1v) is 7.37. The molecule has 110 valence electrons. The molecule has 1 aliphatic heterocycles. The minimum absolute atomic E-state index is 0.152. The largest absolute Gasteiger partial charge is 0.298 e. The number of imide groups is 1. The van der Waals surface area contributed by atoms with Gasteiger partial charge in [-0.15, -0.1) is 0 Å². The molecule has 1 saturated carbocycles. The average molecular weight is 277 g/mol. The molecule has 1 unspecified atom stereocenters. The molecule has 1 heterocycles. The molecule has 1 N–H and O–H groups in total. The molecule has 0 aromatic carbocycles. The van der Waals surface area contributed by atoms with Crippen molar-refractivity contribution in [2.45, 2.75) is 52.0 Å². The van der Waals surface area contributed by atoms with E-state index in [4.69, 9.17) is 0 Å². The van der Waals surface area contributed by atoms with E-state index in [0.29, 0.717) is 0 Å². The molecule has 1 saturated heterocycles. The maximum absolute atomic E-state index is 12.3. The van der Waals surface area contributed by atoms with Gasteiger partial charge in [0.15, 0.2) is 0 Å². The van der Waals surface area contributed by atoms with E-state index < -0.39 is 11.0 Å². The number of likely N-dealkylation sites (tertiary alicyclic amines) is 1. The number of amides is 2. The lowest BCUT2D eigenvalue weighted by molar-refractivity contribution is -0.141. The summed E-state index contributed by atoms with van der Waals surface area (Å²) in [5, 5.41) is 12.9. The Kier molecular flexibility index (Phi) is 3.88. The maximum Gasteiger partial charge on any atom is 0.235 e. The predicted molar refractivity (Wildman–Crippen MR) is 74.5 cm³/mol. The summed E-state index contributed by atoms with van der Waals surface area (Å²) in [6, 6.07) is 2.35. The number of nitrogens with zero attached hydrogens (tertiary/aromatic N) is 2. The van der Waals surface area contributed by atoms with E-state index in [2.05, 4.69) is 11.4 Å². The van der Waals surface area contributed by atoms with Gasteiger partial charge in [-0.05, 0) is 31.7 Å². The zero-order valence-corrected chi connectivity index (χ0v) is 12.5. The van der Waals surface area contributed by atoms with Crippen molar-refractivity contribution >= 4 is 11.8 Å². The summed E-state index contributed by atoms with van der Waals surface area (Å²) in [5.74, 6) is -0.0528. The van der Waals surface area contributed by atoms with Crippen molar-refractivity contribution in [3.05, 3.63) is 0 Å². The van der Waals surface area contributed by atoms with Crippen molar-refractivity contribution in [3.8, 4) is 6.07 Å². The Bertz CT molecular complexity index is 462. The number of rotatable bonds is 6. The first-order chi connectivity index (χ1) is 9.36. The Labute approximate surface area is 120 Å². The van der Waals surface area contributed by atoms with Crippen LogP contribution in [-0.4, -0.2) is 35.3 Å². The van der Waals surface area contributed by atoms with Gasteiger partial charge in [-0.1, -0.05) is 20.8 Å². The number of hydrogen-bond donors (Lipinski definition) is 1. The van der Waals surface area contributed by atoms with Crippen molar-refractivity contribution in [2.75, 3.05) is 13.1 Å². The fourth-order valence-corrected chi connectivity index (χ4v) is 2.86. The van der Waals surface area contributed by atoms with E-state index in [0.717, 1.165) is 25.8 Å². The molecule has 1 aliphatic carbocycles. The van der Waals surface area contributed by atoms with E-state index in [1.165, 1.54) is 4.90 Å². The molecular formula is C15H23N3O2. The third kappa shape index (κ3) is 2.57. The highest BCUT2D eigenvalue weighted by atomic mass is 16.2. The Morgan fingerprint density at radius 3 is 2.50 bits per heavy atom. The third-order valence-electron chi connectivity index (χ3n) is 4.29.